The van der Waals surface area contributed by atoms with Crippen molar-refractivity contribution in [2.24, 2.45) is 40.9 Å². The molecule has 4 aliphatic rings. The lowest BCUT2D eigenvalue weighted by molar-refractivity contribution is -0.128. The van der Waals surface area contributed by atoms with Crippen molar-refractivity contribution in [2.45, 2.75) is 90.1 Å². The molecule has 0 radical (unpaired) electrons. The van der Waals surface area contributed by atoms with Crippen molar-refractivity contribution in [1.29, 1.82) is 5.26 Å². The van der Waals surface area contributed by atoms with Crippen molar-refractivity contribution < 1.29 is 9.84 Å². The predicted molar refractivity (Wildman–Crippen MR) is 132 cm³/mol. The van der Waals surface area contributed by atoms with Gasteiger partial charge in [0.2, 0.25) is 0 Å². The number of rotatable bonds is 6. The summed E-state index contributed by atoms with van der Waals surface area (Å²) in [5.74, 6) is 5.08. The van der Waals surface area contributed by atoms with Crippen LogP contribution in [-0.4, -0.2) is 23.9 Å². The van der Waals surface area contributed by atoms with Gasteiger partial charge in [-0.3, -0.25) is 0 Å². The van der Waals surface area contributed by atoms with Gasteiger partial charge in [-0.25, -0.2) is 0 Å². The van der Waals surface area contributed by atoms with Gasteiger partial charge in [-0.05, 0) is 136 Å². The van der Waals surface area contributed by atoms with Gasteiger partial charge in [-0.1, -0.05) is 19.1 Å². The molecule has 180 valence electrons. The van der Waals surface area contributed by atoms with Gasteiger partial charge in [0.05, 0.1) is 23.8 Å². The van der Waals surface area contributed by atoms with Crippen LogP contribution in [0, 0.1) is 52.3 Å². The van der Waals surface area contributed by atoms with Crippen LogP contribution in [0.4, 0.5) is 0 Å². The zero-order valence-corrected chi connectivity index (χ0v) is 20.8. The molecule has 1 aromatic rings. The minimum absolute atomic E-state index is 0.505. The van der Waals surface area contributed by atoms with Crippen LogP contribution in [-0.2, 0) is 11.2 Å². The Morgan fingerprint density at radius 3 is 2.73 bits per heavy atom. The van der Waals surface area contributed by atoms with Crippen LogP contribution in [0.2, 0.25) is 0 Å². The molecule has 0 amide bonds. The Hall–Kier alpha value is -1.37. The number of ether oxygens (including phenoxy) is 1. The second kappa shape index (κ2) is 9.35. The average Bonchev–Trinajstić information content (AvgIpc) is 3.17. The highest BCUT2D eigenvalue weighted by molar-refractivity contribution is 5.32. The second-order valence-corrected chi connectivity index (χ2v) is 12.2. The number of fused-ring (bicyclic) bond motifs is 5. The van der Waals surface area contributed by atoms with E-state index in [1.54, 1.807) is 0 Å². The average molecular weight is 450 g/mol. The third kappa shape index (κ3) is 4.39. The van der Waals surface area contributed by atoms with E-state index >= 15 is 0 Å². The Labute approximate surface area is 200 Å². The maximum absolute atomic E-state index is 11.1. The van der Waals surface area contributed by atoms with Crippen molar-refractivity contribution >= 4 is 0 Å². The van der Waals surface area contributed by atoms with E-state index in [0.29, 0.717) is 24.5 Å². The molecule has 0 spiro atoms. The third-order valence-electron chi connectivity index (χ3n) is 10.7. The molecule has 0 unspecified atom stereocenters. The van der Waals surface area contributed by atoms with E-state index in [9.17, 15) is 10.4 Å². The van der Waals surface area contributed by atoms with Gasteiger partial charge in [0.1, 0.15) is 0 Å². The van der Waals surface area contributed by atoms with Crippen molar-refractivity contribution in [1.82, 2.24) is 0 Å². The van der Waals surface area contributed by atoms with Crippen molar-refractivity contribution in [3.8, 4) is 6.07 Å². The number of hydrogen-bond acceptors (Lipinski definition) is 3. The van der Waals surface area contributed by atoms with E-state index in [1.807, 2.05) is 19.1 Å². The number of hydrogen-bond donors (Lipinski definition) is 1. The standard InChI is InChI=1S/C30H43NO2/c1-3-33-20-30(32)16-14-25-23(18-30)8-11-27-26(25)13-15-29(2)24(10-12-28(27)29)9-7-21-5-4-6-22(17-21)19-31/h4-6,17,23-28,32H,3,7-16,18,20H2,1-2H3/t23-,24+,25+,26-,27-,28+,29-,30-/m1/s1. The molecule has 0 bridgehead atoms. The molecule has 1 N–H and O–H groups in total. The lowest BCUT2D eigenvalue weighted by Gasteiger charge is -2.57. The van der Waals surface area contributed by atoms with Crippen LogP contribution < -0.4 is 0 Å². The monoisotopic (exact) mass is 449 g/mol. The van der Waals surface area contributed by atoms with E-state index < -0.39 is 5.60 Å². The summed E-state index contributed by atoms with van der Waals surface area (Å²) in [6.45, 7) is 5.88. The van der Waals surface area contributed by atoms with E-state index in [0.717, 1.165) is 54.4 Å². The zero-order valence-electron chi connectivity index (χ0n) is 20.8. The summed E-state index contributed by atoms with van der Waals surface area (Å²) >= 11 is 0. The van der Waals surface area contributed by atoms with Gasteiger partial charge in [0.15, 0.2) is 0 Å². The van der Waals surface area contributed by atoms with Crippen molar-refractivity contribution in [3.63, 3.8) is 0 Å². The van der Waals surface area contributed by atoms with Crippen LogP contribution in [0.15, 0.2) is 24.3 Å². The Balaban J connectivity index is 1.23. The Kier molecular flexibility index (Phi) is 6.62. The molecule has 0 aromatic heterocycles. The smallest absolute Gasteiger partial charge is 0.0991 e. The van der Waals surface area contributed by atoms with Gasteiger partial charge in [0.25, 0.3) is 0 Å². The van der Waals surface area contributed by atoms with Gasteiger partial charge in [-0.2, -0.15) is 5.26 Å². The van der Waals surface area contributed by atoms with Crippen LogP contribution >= 0.6 is 0 Å². The van der Waals surface area contributed by atoms with Gasteiger partial charge in [-0.15, -0.1) is 0 Å². The Bertz CT molecular complexity index is 876. The summed E-state index contributed by atoms with van der Waals surface area (Å²) in [4.78, 5) is 0. The summed E-state index contributed by atoms with van der Waals surface area (Å²) in [7, 11) is 0. The molecule has 0 aliphatic heterocycles. The molecule has 0 saturated heterocycles. The van der Waals surface area contributed by atoms with Crippen LogP contribution in [0.5, 0.6) is 0 Å². The van der Waals surface area contributed by atoms with Crippen LogP contribution in [0.3, 0.4) is 0 Å². The topological polar surface area (TPSA) is 53.2 Å². The molecule has 8 atom stereocenters. The fraction of sp³-hybridized carbons (Fsp3) is 0.767. The maximum Gasteiger partial charge on any atom is 0.0991 e. The summed E-state index contributed by atoms with van der Waals surface area (Å²) in [5, 5.41) is 20.3. The molecule has 4 saturated carbocycles. The van der Waals surface area contributed by atoms with E-state index in [1.165, 1.54) is 56.9 Å². The molecule has 4 aliphatic carbocycles. The zero-order chi connectivity index (χ0) is 23.1. The number of benzene rings is 1. The van der Waals surface area contributed by atoms with Gasteiger partial charge in [0, 0.05) is 6.61 Å². The minimum atomic E-state index is -0.575. The number of nitriles is 1. The number of nitrogens with zero attached hydrogens (tertiary/aromatic N) is 1. The molecular weight excluding hydrogens is 406 g/mol. The highest BCUT2D eigenvalue weighted by atomic mass is 16.5. The summed E-state index contributed by atoms with van der Waals surface area (Å²) in [6.07, 6.45) is 13.8. The first-order valence-electron chi connectivity index (χ1n) is 13.7. The summed E-state index contributed by atoms with van der Waals surface area (Å²) < 4.78 is 5.65. The highest BCUT2D eigenvalue weighted by Gasteiger charge is 2.57. The largest absolute Gasteiger partial charge is 0.387 e. The second-order valence-electron chi connectivity index (χ2n) is 12.2. The lowest BCUT2D eigenvalue weighted by atomic mass is 9.49. The molecule has 3 heteroatoms. The van der Waals surface area contributed by atoms with Gasteiger partial charge >= 0.3 is 0 Å². The normalized spacial score (nSPS) is 42.1. The molecule has 3 nitrogen and oxygen atoms in total. The lowest BCUT2D eigenvalue weighted by Crippen LogP contribution is -2.52. The van der Waals surface area contributed by atoms with Crippen molar-refractivity contribution in [2.75, 3.05) is 13.2 Å². The first kappa shape index (κ1) is 23.4. The quantitative estimate of drug-likeness (QED) is 0.537. The van der Waals surface area contributed by atoms with E-state index in [-0.39, 0.29) is 0 Å². The maximum atomic E-state index is 11.1. The Morgan fingerprint density at radius 1 is 1.06 bits per heavy atom. The highest BCUT2D eigenvalue weighted by Crippen LogP contribution is 2.65. The molecular formula is C30H43NO2. The first-order valence-corrected chi connectivity index (χ1v) is 13.7. The molecule has 4 fully saturated rings. The van der Waals surface area contributed by atoms with E-state index in [4.69, 9.17) is 4.74 Å². The molecule has 0 heterocycles. The number of aliphatic hydroxyl groups is 1. The summed E-state index contributed by atoms with van der Waals surface area (Å²) in [6, 6.07) is 10.5. The molecule has 1 aromatic carbocycles. The van der Waals surface area contributed by atoms with Crippen LogP contribution in [0.25, 0.3) is 0 Å². The summed E-state index contributed by atoms with van der Waals surface area (Å²) in [5.41, 5.74) is 2.05. The Morgan fingerprint density at radius 2 is 1.91 bits per heavy atom. The predicted octanol–water partition coefficient (Wildman–Crippen LogP) is 6.53. The number of aryl methyl sites for hydroxylation is 1. The van der Waals surface area contributed by atoms with Crippen molar-refractivity contribution in [3.05, 3.63) is 35.4 Å². The molecule has 33 heavy (non-hydrogen) atoms. The minimum Gasteiger partial charge on any atom is -0.387 e. The first-order chi connectivity index (χ1) is 16.0. The fourth-order valence-corrected chi connectivity index (χ4v) is 9.11. The van der Waals surface area contributed by atoms with E-state index in [2.05, 4.69) is 25.1 Å². The molecule has 5 rings (SSSR count). The van der Waals surface area contributed by atoms with Crippen LogP contribution in [0.1, 0.15) is 89.2 Å². The fourth-order valence-electron chi connectivity index (χ4n) is 9.11. The third-order valence-corrected chi connectivity index (χ3v) is 10.7. The SMILES string of the molecule is CCOC[C@@]1(O)CC[C@H]2[C@H](CC[C@@H]3[C@@H]2CC[C@]2(C)[C@@H](CCc4cccc(C#N)c4)CC[C@@H]32)C1. The van der Waals surface area contributed by atoms with Gasteiger partial charge < -0.3 is 9.84 Å².